The molecule has 20 heavy (non-hydrogen) atoms. The number of methoxy groups -OCH3 is 1. The molecule has 0 radical (unpaired) electrons. The Labute approximate surface area is 120 Å². The molecule has 1 aromatic carbocycles. The van der Waals surface area contributed by atoms with Crippen molar-refractivity contribution < 1.29 is 4.74 Å². The molecule has 0 unspecified atom stereocenters. The predicted molar refractivity (Wildman–Crippen MR) is 82.0 cm³/mol. The van der Waals surface area contributed by atoms with Crippen LogP contribution in [0.4, 0.5) is 11.4 Å². The third kappa shape index (κ3) is 1.94. The van der Waals surface area contributed by atoms with Crippen molar-refractivity contribution in [1.82, 2.24) is 4.90 Å². The van der Waals surface area contributed by atoms with Crippen molar-refractivity contribution in [2.24, 2.45) is 0 Å². The van der Waals surface area contributed by atoms with Crippen LogP contribution in [0.5, 0.6) is 5.75 Å². The minimum atomic E-state index is 0.683. The van der Waals surface area contributed by atoms with Crippen LogP contribution in [0.2, 0.25) is 0 Å². The molecule has 3 saturated heterocycles. The van der Waals surface area contributed by atoms with Gasteiger partial charge in [-0.3, -0.25) is 0 Å². The van der Waals surface area contributed by atoms with Crippen LogP contribution in [0.25, 0.3) is 0 Å². The van der Waals surface area contributed by atoms with Gasteiger partial charge in [0.25, 0.3) is 0 Å². The van der Waals surface area contributed by atoms with Crippen molar-refractivity contribution in [2.45, 2.75) is 25.3 Å². The van der Waals surface area contributed by atoms with E-state index in [-0.39, 0.29) is 0 Å². The van der Waals surface area contributed by atoms with Crippen LogP contribution < -0.4 is 15.0 Å². The quantitative estimate of drug-likeness (QED) is 0.891. The van der Waals surface area contributed by atoms with Gasteiger partial charge >= 0.3 is 0 Å². The van der Waals surface area contributed by atoms with Crippen molar-refractivity contribution in [2.75, 3.05) is 50.1 Å². The molecule has 4 aliphatic rings. The highest BCUT2D eigenvalue weighted by Crippen LogP contribution is 2.39. The number of benzene rings is 1. The molecule has 0 saturated carbocycles. The Kier molecular flexibility index (Phi) is 2.99. The maximum absolute atomic E-state index is 5.69. The Bertz CT molecular complexity index is 509. The number of anilines is 2. The summed E-state index contributed by atoms with van der Waals surface area (Å²) < 4.78 is 5.69. The molecule has 0 aliphatic carbocycles. The summed E-state index contributed by atoms with van der Waals surface area (Å²) in [5.41, 5.74) is 3.99. The highest BCUT2D eigenvalue weighted by Gasteiger charge is 2.31. The normalized spacial score (nSPS) is 27.9. The molecule has 4 heterocycles. The maximum Gasteiger partial charge on any atom is 0.142 e. The minimum Gasteiger partial charge on any atom is -0.495 e. The SMILES string of the molecule is COc1cc2c(cc1N1CCN3CCC1CC3)NCC2. The van der Waals surface area contributed by atoms with Crippen LogP contribution in [-0.2, 0) is 6.42 Å². The lowest BCUT2D eigenvalue weighted by molar-refractivity contribution is 0.250. The summed E-state index contributed by atoms with van der Waals surface area (Å²) in [6, 6.07) is 5.24. The summed E-state index contributed by atoms with van der Waals surface area (Å²) >= 11 is 0. The standard InChI is InChI=1S/C16H23N3O/c1-20-16-10-12-2-5-17-14(12)11-15(16)19-9-8-18-6-3-13(19)4-7-18/h10-11,13,17H,2-9H2,1H3. The number of nitrogens with zero attached hydrogens (tertiary/aromatic N) is 2. The molecule has 4 heteroatoms. The zero-order chi connectivity index (χ0) is 13.5. The Morgan fingerprint density at radius 1 is 1.15 bits per heavy atom. The van der Waals surface area contributed by atoms with Gasteiger partial charge in [0.05, 0.1) is 12.8 Å². The van der Waals surface area contributed by atoms with Gasteiger partial charge in [-0.05, 0) is 37.0 Å². The van der Waals surface area contributed by atoms with Gasteiger partial charge in [0.15, 0.2) is 0 Å². The number of nitrogens with one attached hydrogen (secondary N) is 1. The second-order valence-electron chi connectivity index (χ2n) is 6.12. The first-order chi connectivity index (χ1) is 9.85. The zero-order valence-electron chi connectivity index (χ0n) is 12.2. The van der Waals surface area contributed by atoms with Gasteiger partial charge in [0, 0.05) is 44.5 Å². The van der Waals surface area contributed by atoms with Crippen molar-refractivity contribution >= 4 is 11.4 Å². The van der Waals surface area contributed by atoms with Crippen molar-refractivity contribution in [3.05, 3.63) is 17.7 Å². The van der Waals surface area contributed by atoms with Gasteiger partial charge < -0.3 is 19.9 Å². The summed E-state index contributed by atoms with van der Waals surface area (Å²) in [5.74, 6) is 1.05. The summed E-state index contributed by atoms with van der Waals surface area (Å²) in [6.07, 6.45) is 3.69. The van der Waals surface area contributed by atoms with Crippen LogP contribution >= 0.6 is 0 Å². The van der Waals surface area contributed by atoms with Crippen LogP contribution in [-0.4, -0.2) is 50.8 Å². The van der Waals surface area contributed by atoms with E-state index in [1.54, 1.807) is 7.11 Å². The van der Waals surface area contributed by atoms with Crippen molar-refractivity contribution in [3.8, 4) is 5.75 Å². The molecule has 5 rings (SSSR count). The van der Waals surface area contributed by atoms with Gasteiger partial charge in [-0.2, -0.15) is 0 Å². The molecular formula is C16H23N3O. The molecular weight excluding hydrogens is 250 g/mol. The summed E-state index contributed by atoms with van der Waals surface area (Å²) in [7, 11) is 1.80. The molecule has 2 bridgehead atoms. The summed E-state index contributed by atoms with van der Waals surface area (Å²) in [4.78, 5) is 5.18. The molecule has 1 aromatic rings. The number of piperidine rings is 1. The molecule has 0 aromatic heterocycles. The van der Waals surface area contributed by atoms with Crippen LogP contribution in [0, 0.1) is 0 Å². The molecule has 3 fully saturated rings. The molecule has 4 nitrogen and oxygen atoms in total. The molecule has 0 atom stereocenters. The van der Waals surface area contributed by atoms with E-state index < -0.39 is 0 Å². The Morgan fingerprint density at radius 2 is 2.00 bits per heavy atom. The largest absolute Gasteiger partial charge is 0.495 e. The lowest BCUT2D eigenvalue weighted by atomic mass is 10.0. The molecule has 0 amide bonds. The Hall–Kier alpha value is -1.42. The fourth-order valence-electron chi connectivity index (χ4n) is 3.91. The fourth-order valence-corrected chi connectivity index (χ4v) is 3.91. The fraction of sp³-hybridized carbons (Fsp3) is 0.625. The number of hydrogen-bond acceptors (Lipinski definition) is 4. The summed E-state index contributed by atoms with van der Waals surface area (Å²) in [6.45, 7) is 5.88. The van der Waals surface area contributed by atoms with Gasteiger partial charge in [-0.1, -0.05) is 0 Å². The predicted octanol–water partition coefficient (Wildman–Crippen LogP) is 1.95. The van der Waals surface area contributed by atoms with E-state index in [1.807, 2.05) is 0 Å². The van der Waals surface area contributed by atoms with E-state index in [0.29, 0.717) is 6.04 Å². The monoisotopic (exact) mass is 273 g/mol. The third-order valence-electron chi connectivity index (χ3n) is 5.08. The van der Waals surface area contributed by atoms with E-state index in [2.05, 4.69) is 27.2 Å². The van der Waals surface area contributed by atoms with Gasteiger partial charge in [0.1, 0.15) is 5.75 Å². The first kappa shape index (κ1) is 12.3. The lowest BCUT2D eigenvalue weighted by Gasteiger charge is -2.34. The van der Waals surface area contributed by atoms with Crippen LogP contribution in [0.15, 0.2) is 12.1 Å². The molecule has 4 aliphatic heterocycles. The van der Waals surface area contributed by atoms with Gasteiger partial charge in [-0.25, -0.2) is 0 Å². The second-order valence-corrected chi connectivity index (χ2v) is 6.12. The first-order valence-electron chi connectivity index (χ1n) is 7.79. The smallest absolute Gasteiger partial charge is 0.142 e. The minimum absolute atomic E-state index is 0.683. The van der Waals surface area contributed by atoms with E-state index in [1.165, 1.54) is 49.4 Å². The highest BCUT2D eigenvalue weighted by molar-refractivity contribution is 5.71. The van der Waals surface area contributed by atoms with Gasteiger partial charge in [-0.15, -0.1) is 0 Å². The Morgan fingerprint density at radius 3 is 2.80 bits per heavy atom. The summed E-state index contributed by atoms with van der Waals surface area (Å²) in [5, 5.41) is 3.50. The second kappa shape index (κ2) is 4.85. The van der Waals surface area contributed by atoms with Crippen molar-refractivity contribution in [3.63, 3.8) is 0 Å². The molecule has 1 N–H and O–H groups in total. The average molecular weight is 273 g/mol. The van der Waals surface area contributed by atoms with E-state index in [0.717, 1.165) is 25.3 Å². The topological polar surface area (TPSA) is 27.7 Å². The number of hydrogen-bond donors (Lipinski definition) is 1. The van der Waals surface area contributed by atoms with E-state index in [4.69, 9.17) is 4.74 Å². The van der Waals surface area contributed by atoms with Crippen LogP contribution in [0.1, 0.15) is 18.4 Å². The maximum atomic E-state index is 5.69. The first-order valence-corrected chi connectivity index (χ1v) is 7.79. The van der Waals surface area contributed by atoms with Crippen molar-refractivity contribution in [1.29, 1.82) is 0 Å². The Balaban J connectivity index is 1.73. The van der Waals surface area contributed by atoms with E-state index >= 15 is 0 Å². The molecule has 108 valence electrons. The lowest BCUT2D eigenvalue weighted by Crippen LogP contribution is -2.38. The number of rotatable bonds is 2. The number of ether oxygens (including phenoxy) is 1. The number of fused-ring (bicyclic) bond motifs is 5. The third-order valence-corrected chi connectivity index (χ3v) is 5.08. The molecule has 0 spiro atoms. The van der Waals surface area contributed by atoms with Crippen LogP contribution in [0.3, 0.4) is 0 Å². The average Bonchev–Trinajstić information content (AvgIpc) is 2.74. The van der Waals surface area contributed by atoms with Gasteiger partial charge in [0.2, 0.25) is 0 Å². The van der Waals surface area contributed by atoms with E-state index in [9.17, 15) is 0 Å². The highest BCUT2D eigenvalue weighted by atomic mass is 16.5. The zero-order valence-corrected chi connectivity index (χ0v) is 12.2.